The standard InChI is InChI=1S/C12H18N2O/c1-14(2)9-10-5-3-4-6-11(10)12(15)7-8-13/h3-6H,7-9,13H2,1-2H3. The number of ketones is 1. The van der Waals surface area contributed by atoms with Gasteiger partial charge in [-0.3, -0.25) is 4.79 Å². The van der Waals surface area contributed by atoms with Gasteiger partial charge >= 0.3 is 0 Å². The summed E-state index contributed by atoms with van der Waals surface area (Å²) in [5.74, 6) is 0.134. The van der Waals surface area contributed by atoms with E-state index in [2.05, 4.69) is 4.90 Å². The van der Waals surface area contributed by atoms with Crippen molar-refractivity contribution in [2.24, 2.45) is 5.73 Å². The van der Waals surface area contributed by atoms with Gasteiger partial charge in [-0.05, 0) is 26.2 Å². The molecule has 0 aliphatic carbocycles. The average molecular weight is 206 g/mol. The summed E-state index contributed by atoms with van der Waals surface area (Å²) in [6.07, 6.45) is 0.421. The molecular formula is C12H18N2O. The Hall–Kier alpha value is -1.19. The van der Waals surface area contributed by atoms with Gasteiger partial charge in [-0.25, -0.2) is 0 Å². The van der Waals surface area contributed by atoms with Gasteiger partial charge in [0, 0.05) is 18.5 Å². The number of carbonyl (C=O) groups excluding carboxylic acids is 1. The predicted octanol–water partition coefficient (Wildman–Crippen LogP) is 1.28. The summed E-state index contributed by atoms with van der Waals surface area (Å²) >= 11 is 0. The van der Waals surface area contributed by atoms with E-state index >= 15 is 0 Å². The van der Waals surface area contributed by atoms with E-state index in [9.17, 15) is 4.79 Å². The van der Waals surface area contributed by atoms with Gasteiger partial charge in [-0.15, -0.1) is 0 Å². The van der Waals surface area contributed by atoms with Gasteiger partial charge in [0.1, 0.15) is 0 Å². The maximum Gasteiger partial charge on any atom is 0.164 e. The van der Waals surface area contributed by atoms with Gasteiger partial charge in [0.05, 0.1) is 0 Å². The van der Waals surface area contributed by atoms with Gasteiger partial charge in [0.25, 0.3) is 0 Å². The van der Waals surface area contributed by atoms with Crippen LogP contribution in [0.1, 0.15) is 22.3 Å². The van der Waals surface area contributed by atoms with E-state index in [1.54, 1.807) is 0 Å². The average Bonchev–Trinajstić information content (AvgIpc) is 2.18. The van der Waals surface area contributed by atoms with Gasteiger partial charge < -0.3 is 10.6 Å². The van der Waals surface area contributed by atoms with E-state index < -0.39 is 0 Å². The van der Waals surface area contributed by atoms with Crippen LogP contribution in [0.4, 0.5) is 0 Å². The lowest BCUT2D eigenvalue weighted by molar-refractivity contribution is 0.0984. The number of carbonyl (C=O) groups is 1. The number of hydrogen-bond donors (Lipinski definition) is 1. The third kappa shape index (κ3) is 3.46. The van der Waals surface area contributed by atoms with Crippen LogP contribution in [0.25, 0.3) is 0 Å². The first-order valence-corrected chi connectivity index (χ1v) is 5.11. The van der Waals surface area contributed by atoms with E-state index in [0.717, 1.165) is 17.7 Å². The maximum absolute atomic E-state index is 11.7. The van der Waals surface area contributed by atoms with E-state index in [1.165, 1.54) is 0 Å². The van der Waals surface area contributed by atoms with E-state index in [0.29, 0.717) is 13.0 Å². The van der Waals surface area contributed by atoms with Crippen molar-refractivity contribution in [2.75, 3.05) is 20.6 Å². The molecule has 1 aromatic carbocycles. The predicted molar refractivity (Wildman–Crippen MR) is 61.8 cm³/mol. The van der Waals surface area contributed by atoms with Gasteiger partial charge in [0.15, 0.2) is 5.78 Å². The minimum atomic E-state index is 0.134. The first kappa shape index (κ1) is 11.9. The van der Waals surface area contributed by atoms with Crippen molar-refractivity contribution in [2.45, 2.75) is 13.0 Å². The Morgan fingerprint density at radius 2 is 2.00 bits per heavy atom. The Morgan fingerprint density at radius 3 is 2.60 bits per heavy atom. The molecule has 0 atom stereocenters. The van der Waals surface area contributed by atoms with Crippen LogP contribution in [0, 0.1) is 0 Å². The molecule has 0 bridgehead atoms. The van der Waals surface area contributed by atoms with Gasteiger partial charge in [0.2, 0.25) is 0 Å². The zero-order valence-corrected chi connectivity index (χ0v) is 9.36. The number of rotatable bonds is 5. The molecule has 3 heteroatoms. The highest BCUT2D eigenvalue weighted by atomic mass is 16.1. The van der Waals surface area contributed by atoms with E-state index in [1.807, 2.05) is 38.4 Å². The highest BCUT2D eigenvalue weighted by molar-refractivity contribution is 5.97. The van der Waals surface area contributed by atoms with Crippen molar-refractivity contribution >= 4 is 5.78 Å². The molecule has 0 aromatic heterocycles. The van der Waals surface area contributed by atoms with Crippen LogP contribution in [0.2, 0.25) is 0 Å². The second kappa shape index (κ2) is 5.63. The minimum Gasteiger partial charge on any atom is -0.330 e. The molecule has 0 spiro atoms. The number of nitrogens with two attached hydrogens (primary N) is 1. The molecule has 0 amide bonds. The summed E-state index contributed by atoms with van der Waals surface area (Å²) in [4.78, 5) is 13.8. The molecule has 0 aliphatic rings. The highest BCUT2D eigenvalue weighted by Crippen LogP contribution is 2.12. The second-order valence-electron chi connectivity index (χ2n) is 3.86. The summed E-state index contributed by atoms with van der Waals surface area (Å²) in [5, 5.41) is 0. The minimum absolute atomic E-state index is 0.134. The summed E-state index contributed by atoms with van der Waals surface area (Å²) in [7, 11) is 3.98. The van der Waals surface area contributed by atoms with Crippen molar-refractivity contribution in [3.8, 4) is 0 Å². The molecule has 2 N–H and O–H groups in total. The fourth-order valence-corrected chi connectivity index (χ4v) is 1.54. The number of nitrogens with zero attached hydrogens (tertiary/aromatic N) is 1. The smallest absolute Gasteiger partial charge is 0.164 e. The molecule has 0 aliphatic heterocycles. The number of benzene rings is 1. The van der Waals surface area contributed by atoms with Crippen LogP contribution in [0.15, 0.2) is 24.3 Å². The summed E-state index contributed by atoms with van der Waals surface area (Å²) in [6, 6.07) is 7.71. The lowest BCUT2D eigenvalue weighted by atomic mass is 10.0. The topological polar surface area (TPSA) is 46.3 Å². The lowest BCUT2D eigenvalue weighted by Gasteiger charge is -2.13. The molecule has 0 saturated carbocycles. The zero-order chi connectivity index (χ0) is 11.3. The third-order valence-electron chi connectivity index (χ3n) is 2.18. The molecular weight excluding hydrogens is 188 g/mol. The van der Waals surface area contributed by atoms with Crippen molar-refractivity contribution in [3.05, 3.63) is 35.4 Å². The first-order chi connectivity index (χ1) is 7.15. The van der Waals surface area contributed by atoms with Crippen molar-refractivity contribution in [1.82, 2.24) is 4.90 Å². The van der Waals surface area contributed by atoms with Crippen molar-refractivity contribution in [1.29, 1.82) is 0 Å². The molecule has 1 aromatic rings. The molecule has 0 heterocycles. The van der Waals surface area contributed by atoms with Crippen LogP contribution in [-0.2, 0) is 6.54 Å². The maximum atomic E-state index is 11.7. The molecule has 15 heavy (non-hydrogen) atoms. The monoisotopic (exact) mass is 206 g/mol. The summed E-state index contributed by atoms with van der Waals surface area (Å²) in [6.45, 7) is 1.20. The third-order valence-corrected chi connectivity index (χ3v) is 2.18. The van der Waals surface area contributed by atoms with E-state index in [-0.39, 0.29) is 5.78 Å². The Kier molecular flexibility index (Phi) is 4.46. The second-order valence-corrected chi connectivity index (χ2v) is 3.86. The zero-order valence-electron chi connectivity index (χ0n) is 9.36. The van der Waals surface area contributed by atoms with Crippen LogP contribution in [0.3, 0.4) is 0 Å². The molecule has 1 rings (SSSR count). The first-order valence-electron chi connectivity index (χ1n) is 5.11. The van der Waals surface area contributed by atoms with Gasteiger partial charge in [-0.2, -0.15) is 0 Å². The van der Waals surface area contributed by atoms with Crippen LogP contribution in [-0.4, -0.2) is 31.3 Å². The molecule has 82 valence electrons. The molecule has 0 fully saturated rings. The Morgan fingerprint density at radius 1 is 1.33 bits per heavy atom. The molecule has 0 saturated heterocycles. The highest BCUT2D eigenvalue weighted by Gasteiger charge is 2.09. The fourth-order valence-electron chi connectivity index (χ4n) is 1.54. The van der Waals surface area contributed by atoms with E-state index in [4.69, 9.17) is 5.73 Å². The molecule has 3 nitrogen and oxygen atoms in total. The van der Waals surface area contributed by atoms with Crippen LogP contribution >= 0.6 is 0 Å². The number of Topliss-reactive ketones (excluding diaryl/α,β-unsaturated/α-hetero) is 1. The Bertz CT molecular complexity index is 334. The fraction of sp³-hybridized carbons (Fsp3) is 0.417. The quantitative estimate of drug-likeness (QED) is 0.738. The largest absolute Gasteiger partial charge is 0.330 e. The normalized spacial score (nSPS) is 10.7. The van der Waals surface area contributed by atoms with Crippen molar-refractivity contribution < 1.29 is 4.79 Å². The van der Waals surface area contributed by atoms with Crippen molar-refractivity contribution in [3.63, 3.8) is 0 Å². The molecule has 0 radical (unpaired) electrons. The molecule has 0 unspecified atom stereocenters. The van der Waals surface area contributed by atoms with Crippen LogP contribution < -0.4 is 5.73 Å². The Labute approximate surface area is 90.9 Å². The number of hydrogen-bond acceptors (Lipinski definition) is 3. The summed E-state index contributed by atoms with van der Waals surface area (Å²) in [5.41, 5.74) is 7.26. The van der Waals surface area contributed by atoms with Crippen LogP contribution in [0.5, 0.6) is 0 Å². The van der Waals surface area contributed by atoms with Gasteiger partial charge in [-0.1, -0.05) is 24.3 Å². The summed E-state index contributed by atoms with van der Waals surface area (Å²) < 4.78 is 0. The SMILES string of the molecule is CN(C)Cc1ccccc1C(=O)CCN. The lowest BCUT2D eigenvalue weighted by Crippen LogP contribution is -2.15. The Balaban J connectivity index is 2.90.